The maximum Gasteiger partial charge on any atom is 0.246 e. The Morgan fingerprint density at radius 3 is 2.71 bits per heavy atom. The van der Waals surface area contributed by atoms with Gasteiger partial charge in [-0.25, -0.2) is 0 Å². The molecule has 1 aromatic heterocycles. The molecule has 2 aliphatic rings. The van der Waals surface area contributed by atoms with E-state index in [-0.39, 0.29) is 24.9 Å². The van der Waals surface area contributed by atoms with Crippen LogP contribution >= 0.6 is 0 Å². The molecule has 2 amide bonds. The van der Waals surface area contributed by atoms with E-state index in [1.165, 1.54) is 0 Å². The summed E-state index contributed by atoms with van der Waals surface area (Å²) in [6.45, 7) is 1.01. The number of hydrogen-bond acceptors (Lipinski definition) is 6. The number of hydrogen-bond donors (Lipinski definition) is 0. The minimum atomic E-state index is -0.594. The predicted octanol–water partition coefficient (Wildman–Crippen LogP) is 1.38. The molecule has 148 valence electrons. The van der Waals surface area contributed by atoms with E-state index < -0.39 is 6.04 Å². The van der Waals surface area contributed by atoms with Crippen LogP contribution in [-0.2, 0) is 27.3 Å². The summed E-state index contributed by atoms with van der Waals surface area (Å²) in [6.07, 6.45) is 2.57. The number of carbonyl (C=O) groups excluding carboxylic acids is 2. The average Bonchev–Trinajstić information content (AvgIpc) is 3.45. The Morgan fingerprint density at radius 1 is 1.21 bits per heavy atom. The Balaban J connectivity index is 1.55. The highest BCUT2D eigenvalue weighted by Crippen LogP contribution is 2.38. The van der Waals surface area contributed by atoms with Crippen LogP contribution in [0.1, 0.15) is 36.0 Å². The first-order valence-corrected chi connectivity index (χ1v) is 9.59. The molecule has 1 saturated heterocycles. The zero-order valence-electron chi connectivity index (χ0n) is 15.9. The fraction of sp³-hybridized carbons (Fsp3) is 0.500. The summed E-state index contributed by atoms with van der Waals surface area (Å²) in [5, 5.41) is 4.02. The number of aromatic nitrogens is 2. The van der Waals surface area contributed by atoms with E-state index in [1.54, 1.807) is 16.9 Å². The number of methoxy groups -OCH3 is 1. The van der Waals surface area contributed by atoms with Crippen molar-refractivity contribution in [3.63, 3.8) is 0 Å². The molecule has 2 fully saturated rings. The van der Waals surface area contributed by atoms with Gasteiger partial charge in [0.05, 0.1) is 19.7 Å². The van der Waals surface area contributed by atoms with Gasteiger partial charge in [-0.2, -0.15) is 4.98 Å². The lowest BCUT2D eigenvalue weighted by atomic mass is 10.0. The lowest BCUT2D eigenvalue weighted by molar-refractivity contribution is -0.157. The first-order valence-electron chi connectivity index (χ1n) is 9.59. The molecule has 0 radical (unpaired) electrons. The second-order valence-corrected chi connectivity index (χ2v) is 7.30. The molecule has 0 N–H and O–H groups in total. The van der Waals surface area contributed by atoms with Crippen molar-refractivity contribution >= 4 is 11.8 Å². The number of amides is 2. The van der Waals surface area contributed by atoms with Gasteiger partial charge >= 0.3 is 0 Å². The van der Waals surface area contributed by atoms with E-state index in [0.29, 0.717) is 37.2 Å². The van der Waals surface area contributed by atoms with Crippen molar-refractivity contribution < 1.29 is 18.8 Å². The highest BCUT2D eigenvalue weighted by molar-refractivity contribution is 5.95. The predicted molar refractivity (Wildman–Crippen MR) is 99.2 cm³/mol. The number of nitrogens with zero attached hydrogens (tertiary/aromatic N) is 4. The molecule has 1 aromatic carbocycles. The summed E-state index contributed by atoms with van der Waals surface area (Å²) in [6, 6.07) is 9.12. The lowest BCUT2D eigenvalue weighted by Crippen LogP contribution is -2.60. The minimum absolute atomic E-state index is 0.0425. The summed E-state index contributed by atoms with van der Waals surface area (Å²) < 4.78 is 10.4. The van der Waals surface area contributed by atoms with Crippen molar-refractivity contribution in [2.75, 3.05) is 26.8 Å². The zero-order chi connectivity index (χ0) is 19.5. The number of ether oxygens (including phenoxy) is 1. The smallest absolute Gasteiger partial charge is 0.246 e. The molecule has 1 saturated carbocycles. The molecular weight excluding hydrogens is 360 g/mol. The van der Waals surface area contributed by atoms with Crippen LogP contribution in [0.2, 0.25) is 0 Å². The van der Waals surface area contributed by atoms with Gasteiger partial charge < -0.3 is 19.1 Å². The standard InChI is InChI=1S/C20H24N4O4/c1-27-10-9-23-13-18(25)24(12-17-21-19(28-22-17)15-7-8-15)16(20(23)26)11-14-5-3-2-4-6-14/h2-6,15-16H,7-13H2,1H3/t16-/m1/s1. The monoisotopic (exact) mass is 384 g/mol. The topological polar surface area (TPSA) is 88.8 Å². The average molecular weight is 384 g/mol. The van der Waals surface area contributed by atoms with E-state index >= 15 is 0 Å². The SMILES string of the molecule is COCCN1CC(=O)N(Cc2noc(C3CC3)n2)[C@H](Cc2ccccc2)C1=O. The zero-order valence-corrected chi connectivity index (χ0v) is 15.9. The quantitative estimate of drug-likeness (QED) is 0.683. The normalized spacial score (nSPS) is 20.1. The Labute approximate surface area is 163 Å². The fourth-order valence-electron chi connectivity index (χ4n) is 3.45. The van der Waals surface area contributed by atoms with Gasteiger partial charge in [0.15, 0.2) is 5.82 Å². The van der Waals surface area contributed by atoms with Crippen LogP contribution in [0, 0.1) is 0 Å². The van der Waals surface area contributed by atoms with E-state index in [1.807, 2.05) is 30.3 Å². The van der Waals surface area contributed by atoms with E-state index in [9.17, 15) is 9.59 Å². The van der Waals surface area contributed by atoms with Gasteiger partial charge in [-0.3, -0.25) is 9.59 Å². The molecule has 8 heteroatoms. The first kappa shape index (κ1) is 18.6. The summed E-state index contributed by atoms with van der Waals surface area (Å²) in [5.41, 5.74) is 0.999. The molecule has 2 heterocycles. The molecule has 1 atom stereocenters. The van der Waals surface area contributed by atoms with Gasteiger partial charge in [-0.05, 0) is 18.4 Å². The Morgan fingerprint density at radius 2 is 2.00 bits per heavy atom. The van der Waals surface area contributed by atoms with Crippen LogP contribution in [0.25, 0.3) is 0 Å². The largest absolute Gasteiger partial charge is 0.383 e. The Bertz CT molecular complexity index is 834. The number of rotatable bonds is 8. The van der Waals surface area contributed by atoms with Gasteiger partial charge in [-0.1, -0.05) is 35.5 Å². The molecule has 28 heavy (non-hydrogen) atoms. The summed E-state index contributed by atoms with van der Waals surface area (Å²) in [4.78, 5) is 33.6. The van der Waals surface area contributed by atoms with Gasteiger partial charge in [0.25, 0.3) is 0 Å². The molecule has 0 bridgehead atoms. The molecule has 8 nitrogen and oxygen atoms in total. The van der Waals surface area contributed by atoms with Crippen molar-refractivity contribution in [2.45, 2.75) is 37.8 Å². The third-order valence-corrected chi connectivity index (χ3v) is 5.18. The van der Waals surface area contributed by atoms with Gasteiger partial charge in [0.1, 0.15) is 6.04 Å². The number of carbonyl (C=O) groups is 2. The fourth-order valence-corrected chi connectivity index (χ4v) is 3.45. The minimum Gasteiger partial charge on any atom is -0.383 e. The number of benzene rings is 1. The Kier molecular flexibility index (Phi) is 5.38. The van der Waals surface area contributed by atoms with Crippen LogP contribution in [0.15, 0.2) is 34.9 Å². The molecule has 2 aromatic rings. The third-order valence-electron chi connectivity index (χ3n) is 5.18. The van der Waals surface area contributed by atoms with Crippen molar-refractivity contribution in [1.29, 1.82) is 0 Å². The summed E-state index contributed by atoms with van der Waals surface area (Å²) >= 11 is 0. The maximum atomic E-state index is 13.1. The van der Waals surface area contributed by atoms with Gasteiger partial charge in [0, 0.05) is 26.0 Å². The molecular formula is C20H24N4O4. The molecule has 1 aliphatic carbocycles. The highest BCUT2D eigenvalue weighted by Gasteiger charge is 2.40. The molecule has 1 aliphatic heterocycles. The van der Waals surface area contributed by atoms with Crippen LogP contribution in [-0.4, -0.2) is 64.6 Å². The number of piperazine rings is 1. The van der Waals surface area contributed by atoms with Crippen LogP contribution in [0.5, 0.6) is 0 Å². The van der Waals surface area contributed by atoms with Crippen LogP contribution in [0.3, 0.4) is 0 Å². The maximum absolute atomic E-state index is 13.1. The second kappa shape index (κ2) is 8.10. The molecule has 0 spiro atoms. The molecule has 4 rings (SSSR count). The molecule has 0 unspecified atom stereocenters. The lowest BCUT2D eigenvalue weighted by Gasteiger charge is -2.39. The van der Waals surface area contributed by atoms with Crippen LogP contribution < -0.4 is 0 Å². The van der Waals surface area contributed by atoms with Crippen molar-refractivity contribution in [3.05, 3.63) is 47.6 Å². The van der Waals surface area contributed by atoms with Gasteiger partial charge in [0.2, 0.25) is 17.7 Å². The van der Waals surface area contributed by atoms with E-state index in [2.05, 4.69) is 10.1 Å². The van der Waals surface area contributed by atoms with Crippen molar-refractivity contribution in [3.8, 4) is 0 Å². The van der Waals surface area contributed by atoms with Crippen LogP contribution in [0.4, 0.5) is 0 Å². The van der Waals surface area contributed by atoms with Crippen molar-refractivity contribution in [1.82, 2.24) is 19.9 Å². The summed E-state index contributed by atoms with van der Waals surface area (Å²) in [5.74, 6) is 1.24. The van der Waals surface area contributed by atoms with Crippen molar-refractivity contribution in [2.24, 2.45) is 0 Å². The third kappa shape index (κ3) is 4.06. The second-order valence-electron chi connectivity index (χ2n) is 7.30. The summed E-state index contributed by atoms with van der Waals surface area (Å²) in [7, 11) is 1.58. The van der Waals surface area contributed by atoms with E-state index in [4.69, 9.17) is 9.26 Å². The highest BCUT2D eigenvalue weighted by atomic mass is 16.5. The Hall–Kier alpha value is -2.74. The first-order chi connectivity index (χ1) is 13.7. The van der Waals surface area contributed by atoms with Gasteiger partial charge in [-0.15, -0.1) is 0 Å². The van der Waals surface area contributed by atoms with E-state index in [0.717, 1.165) is 18.4 Å².